The van der Waals surface area contributed by atoms with Crippen molar-refractivity contribution in [1.29, 1.82) is 0 Å². The molecule has 1 aromatic heterocycles. The summed E-state index contributed by atoms with van der Waals surface area (Å²) in [6.07, 6.45) is 1.94. The molecule has 0 radical (unpaired) electrons. The van der Waals surface area contributed by atoms with Crippen LogP contribution in [0.1, 0.15) is 24.0 Å². The Balaban J connectivity index is 0.00000304. The number of carbonyl (C=O) groups excluding carboxylic acids is 3. The predicted octanol–water partition coefficient (Wildman–Crippen LogP) is -0.0835. The van der Waals surface area contributed by atoms with E-state index in [2.05, 4.69) is 5.32 Å². The predicted molar refractivity (Wildman–Crippen MR) is 123 cm³/mol. The Morgan fingerprint density at radius 3 is 2.58 bits per heavy atom. The number of halogens is 3. The van der Waals surface area contributed by atoms with E-state index in [1.807, 2.05) is 6.07 Å². The molecule has 1 N–H and O–H groups in total. The maximum atomic E-state index is 13.5. The minimum absolute atomic E-state index is 0. The van der Waals surface area contributed by atoms with Crippen molar-refractivity contribution in [2.24, 2.45) is 0 Å². The van der Waals surface area contributed by atoms with Crippen molar-refractivity contribution >= 4 is 41.3 Å². The van der Waals surface area contributed by atoms with E-state index in [0.717, 1.165) is 28.7 Å². The number of hydrogen-bond donors (Lipinski definition) is 1. The van der Waals surface area contributed by atoms with Crippen molar-refractivity contribution in [3.05, 3.63) is 65.9 Å². The molecule has 2 saturated heterocycles. The molecule has 0 bridgehead atoms. The van der Waals surface area contributed by atoms with E-state index >= 15 is 0 Å². The first kappa shape index (κ1) is 26.9. The van der Waals surface area contributed by atoms with Gasteiger partial charge in [-0.25, -0.2) is 4.79 Å². The third-order valence-corrected chi connectivity index (χ3v) is 6.57. The van der Waals surface area contributed by atoms with E-state index in [-0.39, 0.29) is 81.7 Å². The van der Waals surface area contributed by atoms with Gasteiger partial charge in [0.25, 0.3) is 0 Å². The second-order valence-electron chi connectivity index (χ2n) is 8.87. The van der Waals surface area contributed by atoms with Gasteiger partial charge in [0.2, 0.25) is 11.8 Å². The van der Waals surface area contributed by atoms with E-state index in [0.29, 0.717) is 23.9 Å². The van der Waals surface area contributed by atoms with Crippen LogP contribution in [0.5, 0.6) is 0 Å². The fourth-order valence-corrected chi connectivity index (χ4v) is 4.81. The van der Waals surface area contributed by atoms with Crippen molar-refractivity contribution in [2.45, 2.75) is 38.0 Å². The van der Waals surface area contributed by atoms with Gasteiger partial charge in [0.1, 0.15) is 18.7 Å². The average molecular weight is 523 g/mol. The quantitative estimate of drug-likeness (QED) is 0.475. The van der Waals surface area contributed by atoms with Crippen LogP contribution in [0.25, 0.3) is 10.9 Å². The Labute approximate surface area is 247 Å². The largest absolute Gasteiger partial charge is 1.00 e. The molecule has 0 aliphatic carbocycles. The van der Waals surface area contributed by atoms with Crippen LogP contribution in [-0.2, 0) is 27.4 Å². The number of carbonyl (C=O) groups is 3. The first-order valence-corrected chi connectivity index (χ1v) is 11.4. The summed E-state index contributed by atoms with van der Waals surface area (Å²) >= 11 is 0. The van der Waals surface area contributed by atoms with Crippen molar-refractivity contribution in [3.8, 4) is 0 Å². The molecule has 2 fully saturated rings. The Hall–Kier alpha value is -2.12. The summed E-state index contributed by atoms with van der Waals surface area (Å²) in [4.78, 5) is 39.9. The molecule has 2 aromatic carbocycles. The van der Waals surface area contributed by atoms with Crippen LogP contribution in [0.4, 0.5) is 17.7 Å². The number of ether oxygens (including phenoxy) is 1. The van der Waals surface area contributed by atoms with Crippen LogP contribution in [0.2, 0.25) is 0 Å². The number of rotatable bonds is 5. The van der Waals surface area contributed by atoms with E-state index in [4.69, 9.17) is 4.74 Å². The molecule has 0 spiro atoms. The molecule has 182 valence electrons. The van der Waals surface area contributed by atoms with Crippen LogP contribution in [0.15, 0.2) is 54.7 Å². The second-order valence-corrected chi connectivity index (χ2v) is 8.87. The summed E-state index contributed by atoms with van der Waals surface area (Å²) in [6.45, 7) is -4.84. The third kappa shape index (κ3) is 5.28. The molecule has 3 aromatic rings. The SMILES string of the molecule is O=C1N[C@@H](Cc2cn(C(=O)OCc3ccccc3)c3cc([B-](F)(F)F)ccc23)C(=O)N2CCC[C@@H]12.[K+]. The zero-order valence-electron chi connectivity index (χ0n) is 19.6. The van der Waals surface area contributed by atoms with Gasteiger partial charge in [-0.3, -0.25) is 14.2 Å². The topological polar surface area (TPSA) is 80.6 Å². The molecule has 3 heterocycles. The van der Waals surface area contributed by atoms with Gasteiger partial charge < -0.3 is 27.9 Å². The van der Waals surface area contributed by atoms with Gasteiger partial charge in [-0.15, -0.1) is 5.46 Å². The number of fused-ring (bicyclic) bond motifs is 2. The number of amides is 2. The maximum absolute atomic E-state index is 13.5. The first-order chi connectivity index (χ1) is 16.7. The fourth-order valence-electron chi connectivity index (χ4n) is 4.81. The van der Waals surface area contributed by atoms with Gasteiger partial charge in [0.15, 0.2) is 0 Å². The molecule has 0 saturated carbocycles. The summed E-state index contributed by atoms with van der Waals surface area (Å²) in [5.41, 5.74) is 0.381. The number of hydrogen-bond acceptors (Lipinski definition) is 4. The summed E-state index contributed by atoms with van der Waals surface area (Å²) in [5.74, 6) is -0.463. The van der Waals surface area contributed by atoms with Crippen LogP contribution in [-0.4, -0.2) is 53.0 Å². The van der Waals surface area contributed by atoms with Gasteiger partial charge in [0, 0.05) is 24.5 Å². The number of piperazine rings is 1. The summed E-state index contributed by atoms with van der Waals surface area (Å²) in [5, 5.41) is 3.12. The van der Waals surface area contributed by atoms with E-state index in [1.54, 1.807) is 29.2 Å². The molecule has 2 atom stereocenters. The van der Waals surface area contributed by atoms with E-state index in [1.165, 1.54) is 12.3 Å². The Kier molecular flexibility index (Phi) is 8.01. The van der Waals surface area contributed by atoms with Gasteiger partial charge in [-0.2, -0.15) is 0 Å². The van der Waals surface area contributed by atoms with Gasteiger partial charge in [-0.1, -0.05) is 48.5 Å². The Morgan fingerprint density at radius 2 is 1.86 bits per heavy atom. The number of nitrogens with zero attached hydrogens (tertiary/aromatic N) is 2. The standard InChI is InChI=1S/C24H22BF3N3O4.K/c26-25(27,28)17-8-9-18-16(11-19-23(33)30-10-4-7-20(30)22(32)29-19)13-31(21(18)12-17)24(34)35-14-15-5-2-1-3-6-15;/h1-3,5-6,8-9,12-13,19-20H,4,7,10-11,14H2,(H,29,32);/q-1;+1/t19-,20-;/m0./s1. The summed E-state index contributed by atoms with van der Waals surface area (Å²) in [7, 11) is 0. The zero-order chi connectivity index (χ0) is 24.7. The van der Waals surface area contributed by atoms with Gasteiger partial charge in [-0.05, 0) is 24.0 Å². The maximum Gasteiger partial charge on any atom is 1.00 e. The van der Waals surface area contributed by atoms with Gasteiger partial charge >= 0.3 is 64.5 Å². The first-order valence-electron chi connectivity index (χ1n) is 11.4. The van der Waals surface area contributed by atoms with Crippen molar-refractivity contribution in [1.82, 2.24) is 14.8 Å². The Morgan fingerprint density at radius 1 is 1.11 bits per heavy atom. The number of aromatic nitrogens is 1. The summed E-state index contributed by atoms with van der Waals surface area (Å²) in [6, 6.07) is 10.8. The molecule has 0 unspecified atom stereocenters. The molecule has 2 aliphatic heterocycles. The van der Waals surface area contributed by atoms with Crippen molar-refractivity contribution in [3.63, 3.8) is 0 Å². The zero-order valence-corrected chi connectivity index (χ0v) is 22.7. The van der Waals surface area contributed by atoms with E-state index in [9.17, 15) is 27.3 Å². The molecule has 5 rings (SSSR count). The minimum Gasteiger partial charge on any atom is -0.445 e. The number of benzene rings is 2. The van der Waals surface area contributed by atoms with Crippen LogP contribution in [0, 0.1) is 0 Å². The molecular weight excluding hydrogens is 501 g/mol. The second kappa shape index (κ2) is 10.7. The van der Waals surface area contributed by atoms with Crippen LogP contribution < -0.4 is 62.2 Å². The molecule has 36 heavy (non-hydrogen) atoms. The minimum atomic E-state index is -5.29. The monoisotopic (exact) mass is 523 g/mol. The van der Waals surface area contributed by atoms with Crippen LogP contribution in [0.3, 0.4) is 0 Å². The average Bonchev–Trinajstić information content (AvgIpc) is 3.47. The molecule has 7 nitrogen and oxygen atoms in total. The summed E-state index contributed by atoms with van der Waals surface area (Å²) < 4.78 is 46.8. The third-order valence-electron chi connectivity index (χ3n) is 6.57. The normalized spacial score (nSPS) is 19.6. The molecular formula is C24H22BF3KN3O4. The Bertz CT molecular complexity index is 1320. The van der Waals surface area contributed by atoms with Crippen molar-refractivity contribution in [2.75, 3.05) is 6.54 Å². The molecule has 2 aliphatic rings. The number of nitrogens with one attached hydrogen (secondary N) is 1. The molecule has 12 heteroatoms. The van der Waals surface area contributed by atoms with Crippen molar-refractivity contribution < 1.29 is 83.5 Å². The van der Waals surface area contributed by atoms with Gasteiger partial charge in [0.05, 0.1) is 5.52 Å². The molecule has 2 amide bonds. The fraction of sp³-hybridized carbons (Fsp3) is 0.292. The smallest absolute Gasteiger partial charge is 0.445 e. The van der Waals surface area contributed by atoms with E-state index < -0.39 is 30.6 Å². The van der Waals surface area contributed by atoms with Crippen LogP contribution >= 0.6 is 0 Å².